The molecule has 0 aliphatic heterocycles. The fourth-order valence-electron chi connectivity index (χ4n) is 1.77. The van der Waals surface area contributed by atoms with E-state index in [-0.39, 0.29) is 18.4 Å². The summed E-state index contributed by atoms with van der Waals surface area (Å²) in [7, 11) is 0. The Morgan fingerprint density at radius 2 is 1.95 bits per heavy atom. The molecule has 2 aromatic rings. The van der Waals surface area contributed by atoms with Crippen molar-refractivity contribution in [3.05, 3.63) is 48.5 Å². The maximum Gasteiger partial charge on any atom is 0.270 e. The van der Waals surface area contributed by atoms with Gasteiger partial charge in [0.25, 0.3) is 5.91 Å². The van der Waals surface area contributed by atoms with Crippen LogP contribution in [0.5, 0.6) is 0 Å². The third-order valence-electron chi connectivity index (χ3n) is 2.69. The number of aromatic nitrogens is 2. The topological polar surface area (TPSA) is 76.0 Å². The predicted molar refractivity (Wildman–Crippen MR) is 74.6 cm³/mol. The first-order valence-electron chi connectivity index (χ1n) is 6.35. The van der Waals surface area contributed by atoms with Gasteiger partial charge in [0.2, 0.25) is 5.91 Å². The lowest BCUT2D eigenvalue weighted by Gasteiger charge is -2.08. The molecule has 0 fully saturated rings. The highest BCUT2D eigenvalue weighted by molar-refractivity contribution is 5.95. The summed E-state index contributed by atoms with van der Waals surface area (Å²) in [5.41, 5.74) is 1.23. The highest BCUT2D eigenvalue weighted by atomic mass is 16.2. The van der Waals surface area contributed by atoms with Crippen LogP contribution >= 0.6 is 0 Å². The van der Waals surface area contributed by atoms with Crippen molar-refractivity contribution in [2.45, 2.75) is 6.92 Å². The number of carbonyl (C=O) groups excluding carboxylic acids is 2. The lowest BCUT2D eigenvalue weighted by molar-refractivity contribution is -0.120. The monoisotopic (exact) mass is 272 g/mol. The van der Waals surface area contributed by atoms with E-state index in [0.717, 1.165) is 5.69 Å². The van der Waals surface area contributed by atoms with Gasteiger partial charge in [0, 0.05) is 12.2 Å². The molecule has 2 N–H and O–H groups in total. The van der Waals surface area contributed by atoms with E-state index < -0.39 is 0 Å². The zero-order valence-electron chi connectivity index (χ0n) is 11.2. The van der Waals surface area contributed by atoms with E-state index >= 15 is 0 Å². The molecule has 20 heavy (non-hydrogen) atoms. The number of hydrogen-bond acceptors (Lipinski definition) is 3. The van der Waals surface area contributed by atoms with E-state index in [4.69, 9.17) is 0 Å². The molecule has 6 nitrogen and oxygen atoms in total. The molecule has 0 atom stereocenters. The summed E-state index contributed by atoms with van der Waals surface area (Å²) in [6.07, 6.45) is 3.04. The number of para-hydroxylation sites is 1. The minimum atomic E-state index is -0.336. The Morgan fingerprint density at radius 1 is 1.20 bits per heavy atom. The molecule has 0 bridgehead atoms. The summed E-state index contributed by atoms with van der Waals surface area (Å²) in [5.74, 6) is -0.552. The number of benzene rings is 1. The summed E-state index contributed by atoms with van der Waals surface area (Å²) in [6.45, 7) is 2.31. The largest absolute Gasteiger partial charge is 0.355 e. The van der Waals surface area contributed by atoms with Crippen molar-refractivity contribution in [2.24, 2.45) is 0 Å². The molecular formula is C14H16N4O2. The van der Waals surface area contributed by atoms with E-state index in [9.17, 15) is 9.59 Å². The van der Waals surface area contributed by atoms with Crippen LogP contribution in [-0.4, -0.2) is 34.5 Å². The third kappa shape index (κ3) is 3.23. The second-order valence-electron chi connectivity index (χ2n) is 4.12. The van der Waals surface area contributed by atoms with Crippen LogP contribution in [0.4, 0.5) is 0 Å². The van der Waals surface area contributed by atoms with Gasteiger partial charge in [-0.25, -0.2) is 4.98 Å². The minimum Gasteiger partial charge on any atom is -0.355 e. The summed E-state index contributed by atoms with van der Waals surface area (Å²) < 4.78 is 1.67. The number of amides is 2. The first kappa shape index (κ1) is 13.8. The molecule has 1 aromatic heterocycles. The average Bonchev–Trinajstić information content (AvgIpc) is 2.95. The Bertz CT molecular complexity index is 592. The molecule has 0 spiro atoms. The smallest absolute Gasteiger partial charge is 0.270 e. The van der Waals surface area contributed by atoms with Crippen LogP contribution in [-0.2, 0) is 4.79 Å². The maximum atomic E-state index is 12.1. The quantitative estimate of drug-likeness (QED) is 0.843. The molecule has 0 radical (unpaired) electrons. The van der Waals surface area contributed by atoms with Crippen molar-refractivity contribution >= 4 is 11.8 Å². The van der Waals surface area contributed by atoms with Gasteiger partial charge in [0.05, 0.1) is 19.1 Å². The number of nitrogens with one attached hydrogen (secondary N) is 2. The summed E-state index contributed by atoms with van der Waals surface area (Å²) in [5, 5.41) is 5.18. The molecule has 0 saturated carbocycles. The average molecular weight is 272 g/mol. The van der Waals surface area contributed by atoms with Crippen LogP contribution in [0.3, 0.4) is 0 Å². The van der Waals surface area contributed by atoms with Gasteiger partial charge in [0.1, 0.15) is 5.69 Å². The van der Waals surface area contributed by atoms with Crippen LogP contribution in [0.1, 0.15) is 17.4 Å². The van der Waals surface area contributed by atoms with Crippen LogP contribution in [0.25, 0.3) is 5.69 Å². The zero-order chi connectivity index (χ0) is 14.4. The van der Waals surface area contributed by atoms with Gasteiger partial charge in [0.15, 0.2) is 0 Å². The Balaban J connectivity index is 2.08. The SMILES string of the molecule is CCNC(=O)CNC(=O)c1cncn1-c1ccccc1. The van der Waals surface area contributed by atoms with E-state index in [2.05, 4.69) is 15.6 Å². The molecule has 1 heterocycles. The Hall–Kier alpha value is -2.63. The number of rotatable bonds is 5. The highest BCUT2D eigenvalue weighted by Gasteiger charge is 2.13. The van der Waals surface area contributed by atoms with E-state index in [1.807, 2.05) is 37.3 Å². The number of hydrogen-bond donors (Lipinski definition) is 2. The summed E-state index contributed by atoms with van der Waals surface area (Å²) in [4.78, 5) is 27.4. The Kier molecular flexibility index (Phi) is 4.49. The van der Waals surface area contributed by atoms with Crippen molar-refractivity contribution < 1.29 is 9.59 Å². The number of carbonyl (C=O) groups is 2. The Morgan fingerprint density at radius 3 is 2.65 bits per heavy atom. The van der Waals surface area contributed by atoms with Crippen LogP contribution < -0.4 is 10.6 Å². The molecule has 6 heteroatoms. The van der Waals surface area contributed by atoms with Crippen LogP contribution in [0.2, 0.25) is 0 Å². The second-order valence-corrected chi connectivity index (χ2v) is 4.12. The molecule has 2 amide bonds. The molecule has 1 aromatic carbocycles. The van der Waals surface area contributed by atoms with Gasteiger partial charge in [-0.15, -0.1) is 0 Å². The highest BCUT2D eigenvalue weighted by Crippen LogP contribution is 2.10. The van der Waals surface area contributed by atoms with Crippen molar-refractivity contribution in [1.29, 1.82) is 0 Å². The van der Waals surface area contributed by atoms with E-state index in [0.29, 0.717) is 12.2 Å². The molecule has 0 unspecified atom stereocenters. The fourth-order valence-corrected chi connectivity index (χ4v) is 1.77. The summed E-state index contributed by atoms with van der Waals surface area (Å²) >= 11 is 0. The van der Waals surface area contributed by atoms with Crippen molar-refractivity contribution in [3.63, 3.8) is 0 Å². The summed E-state index contributed by atoms with van der Waals surface area (Å²) in [6, 6.07) is 9.41. The van der Waals surface area contributed by atoms with Gasteiger partial charge in [-0.3, -0.25) is 14.2 Å². The second kappa shape index (κ2) is 6.51. The molecule has 0 aliphatic carbocycles. The van der Waals surface area contributed by atoms with Crippen molar-refractivity contribution in [2.75, 3.05) is 13.1 Å². The van der Waals surface area contributed by atoms with Gasteiger partial charge < -0.3 is 10.6 Å². The lowest BCUT2D eigenvalue weighted by Crippen LogP contribution is -2.37. The molecular weight excluding hydrogens is 256 g/mol. The van der Waals surface area contributed by atoms with Crippen molar-refractivity contribution in [3.8, 4) is 5.69 Å². The van der Waals surface area contributed by atoms with E-state index in [1.165, 1.54) is 6.20 Å². The first-order chi connectivity index (χ1) is 9.72. The number of nitrogens with zero attached hydrogens (tertiary/aromatic N) is 2. The maximum absolute atomic E-state index is 12.1. The predicted octanol–water partition coefficient (Wildman–Crippen LogP) is 0.738. The standard InChI is InChI=1S/C14H16N4O2/c1-2-16-13(19)9-17-14(20)12-8-15-10-18(12)11-6-4-3-5-7-11/h3-8,10H,2,9H2,1H3,(H,16,19)(H,17,20). The van der Waals surface area contributed by atoms with Gasteiger partial charge in [-0.05, 0) is 19.1 Å². The normalized spacial score (nSPS) is 10.1. The Labute approximate surface area is 116 Å². The number of imidazole rings is 1. The fraction of sp³-hybridized carbons (Fsp3) is 0.214. The van der Waals surface area contributed by atoms with Crippen LogP contribution in [0.15, 0.2) is 42.9 Å². The molecule has 2 rings (SSSR count). The van der Waals surface area contributed by atoms with Crippen LogP contribution in [0, 0.1) is 0 Å². The van der Waals surface area contributed by atoms with E-state index in [1.54, 1.807) is 10.9 Å². The first-order valence-corrected chi connectivity index (χ1v) is 6.35. The zero-order valence-corrected chi connectivity index (χ0v) is 11.2. The van der Waals surface area contributed by atoms with Gasteiger partial charge >= 0.3 is 0 Å². The number of likely N-dealkylation sites (N-methyl/N-ethyl adjacent to an activating group) is 1. The van der Waals surface area contributed by atoms with Gasteiger partial charge in [-0.1, -0.05) is 18.2 Å². The minimum absolute atomic E-state index is 0.0490. The molecule has 104 valence electrons. The van der Waals surface area contributed by atoms with Gasteiger partial charge in [-0.2, -0.15) is 0 Å². The lowest BCUT2D eigenvalue weighted by atomic mass is 10.3. The van der Waals surface area contributed by atoms with Crippen molar-refractivity contribution in [1.82, 2.24) is 20.2 Å². The third-order valence-corrected chi connectivity index (χ3v) is 2.69. The molecule has 0 saturated heterocycles. The molecule has 0 aliphatic rings.